The third-order valence-corrected chi connectivity index (χ3v) is 5.21. The zero-order valence-corrected chi connectivity index (χ0v) is 16.4. The maximum absolute atomic E-state index is 12.8. The number of para-hydroxylation sites is 2. The highest BCUT2D eigenvalue weighted by Gasteiger charge is 2.35. The largest absolute Gasteiger partial charge is 0.379 e. The number of nitrogens with one attached hydrogen (secondary N) is 1. The highest BCUT2D eigenvalue weighted by molar-refractivity contribution is 5.99. The number of ether oxygens (including phenoxy) is 1. The van der Waals surface area contributed by atoms with E-state index in [0.717, 1.165) is 37.3 Å². The van der Waals surface area contributed by atoms with Crippen LogP contribution < -0.4 is 15.1 Å². The fourth-order valence-electron chi connectivity index (χ4n) is 3.89. The number of fused-ring (bicyclic) bond motifs is 3. The summed E-state index contributed by atoms with van der Waals surface area (Å²) in [6, 6.07) is 8.51. The smallest absolute Gasteiger partial charge is 0.227 e. The van der Waals surface area contributed by atoms with Gasteiger partial charge in [-0.3, -0.25) is 9.59 Å². The average Bonchev–Trinajstić information content (AvgIpc) is 3.14. The Morgan fingerprint density at radius 2 is 2.00 bits per heavy atom. The van der Waals surface area contributed by atoms with Crippen LogP contribution >= 0.6 is 0 Å². The molecule has 0 spiro atoms. The summed E-state index contributed by atoms with van der Waals surface area (Å²) in [5.74, 6) is -0.0343. The highest BCUT2D eigenvalue weighted by atomic mass is 16.5. The van der Waals surface area contributed by atoms with Gasteiger partial charge in [0.05, 0.1) is 17.5 Å². The van der Waals surface area contributed by atoms with Gasteiger partial charge in [-0.25, -0.2) is 0 Å². The number of carbonyl (C=O) groups excluding carboxylic acids is 2. The van der Waals surface area contributed by atoms with Crippen LogP contribution in [0.2, 0.25) is 0 Å². The Kier molecular flexibility index (Phi) is 6.72. The number of nitrogens with zero attached hydrogens (tertiary/aromatic N) is 2. The molecule has 1 fully saturated rings. The molecule has 3 rings (SSSR count). The minimum atomic E-state index is -0.0688. The lowest BCUT2D eigenvalue weighted by atomic mass is 10.1. The zero-order chi connectivity index (χ0) is 19.2. The van der Waals surface area contributed by atoms with E-state index < -0.39 is 0 Å². The zero-order valence-electron chi connectivity index (χ0n) is 16.4. The van der Waals surface area contributed by atoms with E-state index in [2.05, 4.69) is 16.3 Å². The van der Waals surface area contributed by atoms with Crippen molar-refractivity contribution in [2.75, 3.05) is 36.0 Å². The van der Waals surface area contributed by atoms with E-state index >= 15 is 0 Å². The summed E-state index contributed by atoms with van der Waals surface area (Å²) in [6.45, 7) is 7.00. The van der Waals surface area contributed by atoms with E-state index in [-0.39, 0.29) is 30.8 Å². The Morgan fingerprint density at radius 3 is 2.78 bits per heavy atom. The Hall–Kier alpha value is -2.08. The van der Waals surface area contributed by atoms with Gasteiger partial charge in [0, 0.05) is 45.1 Å². The molecule has 0 bridgehead atoms. The monoisotopic (exact) mass is 373 g/mol. The lowest BCUT2D eigenvalue weighted by molar-refractivity contribution is -0.125. The lowest BCUT2D eigenvalue weighted by Gasteiger charge is -2.40. The summed E-state index contributed by atoms with van der Waals surface area (Å²) in [4.78, 5) is 29.1. The van der Waals surface area contributed by atoms with Gasteiger partial charge in [0.2, 0.25) is 11.8 Å². The minimum absolute atomic E-state index is 0.0345. The molecule has 1 atom stereocenters. The Morgan fingerprint density at radius 1 is 1.22 bits per heavy atom. The summed E-state index contributed by atoms with van der Waals surface area (Å²) < 4.78 is 5.45. The van der Waals surface area contributed by atoms with E-state index in [1.807, 2.05) is 36.9 Å². The van der Waals surface area contributed by atoms with E-state index in [1.54, 1.807) is 0 Å². The van der Waals surface area contributed by atoms with Gasteiger partial charge in [0.15, 0.2) is 0 Å². The van der Waals surface area contributed by atoms with Gasteiger partial charge in [-0.1, -0.05) is 12.1 Å². The van der Waals surface area contributed by atoms with Crippen molar-refractivity contribution in [3.63, 3.8) is 0 Å². The molecule has 1 saturated heterocycles. The van der Waals surface area contributed by atoms with E-state index in [1.165, 1.54) is 6.42 Å². The SMILES string of the molecule is CC(C)OCCCNC(=O)CCC(=O)N1C[C@H]2CCCN2c2ccccc21. The van der Waals surface area contributed by atoms with Crippen LogP contribution in [-0.2, 0) is 14.3 Å². The Bertz CT molecular complexity index is 662. The summed E-state index contributed by atoms with van der Waals surface area (Å²) in [7, 11) is 0. The van der Waals surface area contributed by atoms with Crippen molar-refractivity contribution < 1.29 is 14.3 Å². The third-order valence-electron chi connectivity index (χ3n) is 5.21. The molecule has 2 aliphatic rings. The maximum atomic E-state index is 12.8. The van der Waals surface area contributed by atoms with Crippen LogP contribution in [-0.4, -0.2) is 50.2 Å². The minimum Gasteiger partial charge on any atom is -0.379 e. The first kappa shape index (κ1) is 19.7. The number of benzene rings is 1. The van der Waals surface area contributed by atoms with Crippen LogP contribution in [0, 0.1) is 0 Å². The first-order valence-electron chi connectivity index (χ1n) is 10.1. The van der Waals surface area contributed by atoms with Crippen molar-refractivity contribution >= 4 is 23.2 Å². The van der Waals surface area contributed by atoms with Gasteiger partial charge >= 0.3 is 0 Å². The van der Waals surface area contributed by atoms with Crippen LogP contribution in [0.4, 0.5) is 11.4 Å². The highest BCUT2D eigenvalue weighted by Crippen LogP contribution is 2.39. The number of hydrogen-bond donors (Lipinski definition) is 1. The van der Waals surface area contributed by atoms with Gasteiger partial charge < -0.3 is 19.9 Å². The summed E-state index contributed by atoms with van der Waals surface area (Å²) in [5.41, 5.74) is 2.13. The molecular formula is C21H31N3O3. The van der Waals surface area contributed by atoms with Crippen molar-refractivity contribution in [3.05, 3.63) is 24.3 Å². The number of hydrogen-bond acceptors (Lipinski definition) is 4. The fourth-order valence-corrected chi connectivity index (χ4v) is 3.89. The average molecular weight is 373 g/mol. The van der Waals surface area contributed by atoms with Gasteiger partial charge in [-0.2, -0.15) is 0 Å². The molecule has 2 aliphatic heterocycles. The number of amides is 2. The van der Waals surface area contributed by atoms with Crippen LogP contribution in [0.15, 0.2) is 24.3 Å². The third kappa shape index (κ3) is 5.01. The van der Waals surface area contributed by atoms with Gasteiger partial charge in [0.25, 0.3) is 0 Å². The first-order chi connectivity index (χ1) is 13.1. The van der Waals surface area contributed by atoms with Gasteiger partial charge in [0.1, 0.15) is 0 Å². The lowest BCUT2D eigenvalue weighted by Crippen LogP contribution is -2.48. The summed E-state index contributed by atoms with van der Waals surface area (Å²) >= 11 is 0. The van der Waals surface area contributed by atoms with Crippen LogP contribution in [0.25, 0.3) is 0 Å². The van der Waals surface area contributed by atoms with E-state index in [0.29, 0.717) is 19.2 Å². The predicted molar refractivity (Wildman–Crippen MR) is 107 cm³/mol. The quantitative estimate of drug-likeness (QED) is 0.712. The topological polar surface area (TPSA) is 61.9 Å². The molecular weight excluding hydrogens is 342 g/mol. The normalized spacial score (nSPS) is 18.4. The molecule has 0 unspecified atom stereocenters. The molecule has 0 saturated carbocycles. The van der Waals surface area contributed by atoms with Gasteiger partial charge in [-0.05, 0) is 45.2 Å². The standard InChI is InChI=1S/C21H31N3O3/c1-16(2)27-14-6-12-22-20(25)10-11-21(26)24-15-17-7-5-13-23(17)18-8-3-4-9-19(18)24/h3-4,8-9,16-17H,5-7,10-15H2,1-2H3,(H,22,25)/t17-/m1/s1. The van der Waals surface area contributed by atoms with Crippen LogP contribution in [0.3, 0.4) is 0 Å². The molecule has 2 heterocycles. The number of carbonyl (C=O) groups is 2. The molecule has 0 radical (unpaired) electrons. The molecule has 1 N–H and O–H groups in total. The molecule has 2 amide bonds. The molecule has 148 valence electrons. The number of rotatable bonds is 8. The summed E-state index contributed by atoms with van der Waals surface area (Å²) in [6.07, 6.45) is 3.77. The van der Waals surface area contributed by atoms with Crippen LogP contribution in [0.5, 0.6) is 0 Å². The maximum Gasteiger partial charge on any atom is 0.227 e. The Labute approximate surface area is 161 Å². The second kappa shape index (κ2) is 9.22. The molecule has 0 aliphatic carbocycles. The van der Waals surface area contributed by atoms with Crippen molar-refractivity contribution in [2.45, 2.75) is 58.1 Å². The Balaban J connectivity index is 1.48. The molecule has 0 aromatic heterocycles. The van der Waals surface area contributed by atoms with E-state index in [9.17, 15) is 9.59 Å². The molecule has 6 nitrogen and oxygen atoms in total. The van der Waals surface area contributed by atoms with Gasteiger partial charge in [-0.15, -0.1) is 0 Å². The second-order valence-corrected chi connectivity index (χ2v) is 7.61. The first-order valence-corrected chi connectivity index (χ1v) is 10.1. The second-order valence-electron chi connectivity index (χ2n) is 7.61. The molecule has 1 aromatic carbocycles. The fraction of sp³-hybridized carbons (Fsp3) is 0.619. The number of anilines is 2. The van der Waals surface area contributed by atoms with Crippen molar-refractivity contribution in [3.8, 4) is 0 Å². The molecule has 27 heavy (non-hydrogen) atoms. The van der Waals surface area contributed by atoms with Crippen LogP contribution in [0.1, 0.15) is 46.0 Å². The van der Waals surface area contributed by atoms with Crippen molar-refractivity contribution in [1.29, 1.82) is 0 Å². The van der Waals surface area contributed by atoms with Crippen molar-refractivity contribution in [2.24, 2.45) is 0 Å². The molecule has 6 heteroatoms. The molecule has 1 aromatic rings. The summed E-state index contributed by atoms with van der Waals surface area (Å²) in [5, 5.41) is 2.87. The van der Waals surface area contributed by atoms with Crippen molar-refractivity contribution in [1.82, 2.24) is 5.32 Å². The van der Waals surface area contributed by atoms with E-state index in [4.69, 9.17) is 4.74 Å². The predicted octanol–water partition coefficient (Wildman–Crippen LogP) is 2.71.